The minimum Gasteiger partial charge on any atom is -0.373 e. The lowest BCUT2D eigenvalue weighted by atomic mass is 10.3. The molecule has 1 fully saturated rings. The van der Waals surface area contributed by atoms with Gasteiger partial charge in [0.2, 0.25) is 0 Å². The van der Waals surface area contributed by atoms with Gasteiger partial charge in [0.1, 0.15) is 11.8 Å². The van der Waals surface area contributed by atoms with Crippen LogP contribution in [0.1, 0.15) is 19.0 Å². The lowest BCUT2D eigenvalue weighted by Gasteiger charge is -2.18. The molecule has 1 aromatic rings. The Kier molecular flexibility index (Phi) is 2.59. The summed E-state index contributed by atoms with van der Waals surface area (Å²) in [5.74, 6) is 1.71. The second-order valence-electron chi connectivity index (χ2n) is 4.37. The molecule has 0 bridgehead atoms. The summed E-state index contributed by atoms with van der Waals surface area (Å²) >= 11 is 0. The Morgan fingerprint density at radius 1 is 1.60 bits per heavy atom. The van der Waals surface area contributed by atoms with Crippen molar-refractivity contribution >= 4 is 5.69 Å². The van der Waals surface area contributed by atoms with Gasteiger partial charge in [0.25, 0.3) is 0 Å². The molecule has 0 amide bonds. The first kappa shape index (κ1) is 9.97. The third kappa shape index (κ3) is 2.27. The smallest absolute Gasteiger partial charge is 0.140 e. The van der Waals surface area contributed by atoms with Crippen LogP contribution < -0.4 is 4.90 Å². The number of hydrogen-bond acceptors (Lipinski definition) is 3. The normalized spacial score (nSPS) is 23.3. The first-order valence-corrected chi connectivity index (χ1v) is 5.28. The largest absolute Gasteiger partial charge is 0.373 e. The summed E-state index contributed by atoms with van der Waals surface area (Å²) in [7, 11) is 2.08. The maximum atomic E-state index is 8.63. The molecule has 0 aliphatic heterocycles. The molecule has 0 aromatic carbocycles. The highest BCUT2D eigenvalue weighted by atomic mass is 15.1. The predicted molar refractivity (Wildman–Crippen MR) is 59.5 cm³/mol. The van der Waals surface area contributed by atoms with Gasteiger partial charge in [0.15, 0.2) is 0 Å². The molecule has 1 aliphatic carbocycles. The van der Waals surface area contributed by atoms with Crippen LogP contribution in [0.2, 0.25) is 0 Å². The van der Waals surface area contributed by atoms with E-state index in [0.717, 1.165) is 24.1 Å². The lowest BCUT2D eigenvalue weighted by Crippen LogP contribution is -2.20. The first-order valence-electron chi connectivity index (χ1n) is 5.28. The Hall–Kier alpha value is -1.56. The monoisotopic (exact) mass is 201 g/mol. The highest BCUT2D eigenvalue weighted by molar-refractivity contribution is 5.45. The molecule has 1 aromatic heterocycles. The van der Waals surface area contributed by atoms with E-state index in [0.29, 0.717) is 5.69 Å². The standard InChI is InChI=1S/C12H15N3/c1-9-5-10(9)8-15(2)12-4-3-11(6-13)14-7-12/h3-4,7,9-10H,5,8H2,1-2H3. The number of nitriles is 1. The van der Waals surface area contributed by atoms with Gasteiger partial charge in [-0.2, -0.15) is 5.26 Å². The van der Waals surface area contributed by atoms with Gasteiger partial charge >= 0.3 is 0 Å². The van der Waals surface area contributed by atoms with Crippen LogP contribution in [0.4, 0.5) is 5.69 Å². The van der Waals surface area contributed by atoms with E-state index in [1.165, 1.54) is 6.42 Å². The van der Waals surface area contributed by atoms with Gasteiger partial charge in [-0.3, -0.25) is 0 Å². The van der Waals surface area contributed by atoms with Crippen LogP contribution in [-0.2, 0) is 0 Å². The zero-order valence-electron chi connectivity index (χ0n) is 9.14. The molecule has 3 nitrogen and oxygen atoms in total. The van der Waals surface area contributed by atoms with Crippen molar-refractivity contribution in [3.05, 3.63) is 24.0 Å². The number of pyridine rings is 1. The van der Waals surface area contributed by atoms with Crippen LogP contribution in [0.25, 0.3) is 0 Å². The Balaban J connectivity index is 1.99. The molecule has 0 saturated heterocycles. The molecule has 2 atom stereocenters. The Bertz CT molecular complexity index is 377. The van der Waals surface area contributed by atoms with Gasteiger partial charge in [-0.15, -0.1) is 0 Å². The highest BCUT2D eigenvalue weighted by Gasteiger charge is 2.33. The van der Waals surface area contributed by atoms with Crippen molar-refractivity contribution in [1.82, 2.24) is 4.98 Å². The summed E-state index contributed by atoms with van der Waals surface area (Å²) < 4.78 is 0. The number of nitrogens with zero attached hydrogens (tertiary/aromatic N) is 3. The van der Waals surface area contributed by atoms with Crippen molar-refractivity contribution in [3.63, 3.8) is 0 Å². The Labute approximate surface area is 90.4 Å². The molecule has 2 rings (SSSR count). The zero-order chi connectivity index (χ0) is 10.8. The van der Waals surface area contributed by atoms with Crippen molar-refractivity contribution in [3.8, 4) is 6.07 Å². The number of aromatic nitrogens is 1. The first-order chi connectivity index (χ1) is 7.20. The van der Waals surface area contributed by atoms with Gasteiger partial charge in [0.05, 0.1) is 11.9 Å². The summed E-state index contributed by atoms with van der Waals surface area (Å²) in [6.07, 6.45) is 3.11. The fourth-order valence-corrected chi connectivity index (χ4v) is 1.79. The van der Waals surface area contributed by atoms with Gasteiger partial charge in [-0.25, -0.2) is 4.98 Å². The van der Waals surface area contributed by atoms with Gasteiger partial charge < -0.3 is 4.90 Å². The number of hydrogen-bond donors (Lipinski definition) is 0. The Morgan fingerprint density at radius 3 is 2.80 bits per heavy atom. The fourth-order valence-electron chi connectivity index (χ4n) is 1.79. The molecule has 1 heterocycles. The van der Waals surface area contributed by atoms with E-state index in [1.807, 2.05) is 12.1 Å². The quantitative estimate of drug-likeness (QED) is 0.751. The third-order valence-electron chi connectivity index (χ3n) is 3.09. The summed E-state index contributed by atoms with van der Waals surface area (Å²) in [6, 6.07) is 5.75. The van der Waals surface area contributed by atoms with Crippen LogP contribution in [0.3, 0.4) is 0 Å². The van der Waals surface area contributed by atoms with Crippen molar-refractivity contribution in [2.75, 3.05) is 18.5 Å². The average molecular weight is 201 g/mol. The lowest BCUT2D eigenvalue weighted by molar-refractivity contribution is 0.724. The van der Waals surface area contributed by atoms with Crippen molar-refractivity contribution < 1.29 is 0 Å². The summed E-state index contributed by atoms with van der Waals surface area (Å²) in [5.41, 5.74) is 1.57. The number of anilines is 1. The maximum absolute atomic E-state index is 8.63. The molecule has 0 N–H and O–H groups in total. The summed E-state index contributed by atoms with van der Waals surface area (Å²) in [5, 5.41) is 8.63. The van der Waals surface area contributed by atoms with Crippen LogP contribution in [0.5, 0.6) is 0 Å². The van der Waals surface area contributed by atoms with E-state index in [9.17, 15) is 0 Å². The molecule has 0 spiro atoms. The van der Waals surface area contributed by atoms with Crippen molar-refractivity contribution in [2.45, 2.75) is 13.3 Å². The molecule has 1 saturated carbocycles. The fraction of sp³-hybridized carbons (Fsp3) is 0.500. The van der Waals surface area contributed by atoms with E-state index in [1.54, 1.807) is 12.3 Å². The van der Waals surface area contributed by atoms with Crippen molar-refractivity contribution in [1.29, 1.82) is 5.26 Å². The van der Waals surface area contributed by atoms with E-state index in [-0.39, 0.29) is 0 Å². The molecule has 15 heavy (non-hydrogen) atoms. The maximum Gasteiger partial charge on any atom is 0.140 e. The van der Waals surface area contributed by atoms with E-state index in [2.05, 4.69) is 23.9 Å². The SMILES string of the molecule is CC1CC1CN(C)c1ccc(C#N)nc1. The third-order valence-corrected chi connectivity index (χ3v) is 3.09. The highest BCUT2D eigenvalue weighted by Crippen LogP contribution is 2.38. The van der Waals surface area contributed by atoms with Crippen molar-refractivity contribution in [2.24, 2.45) is 11.8 Å². The summed E-state index contributed by atoms with van der Waals surface area (Å²) in [4.78, 5) is 6.27. The minimum absolute atomic E-state index is 0.479. The summed E-state index contributed by atoms with van der Waals surface area (Å²) in [6.45, 7) is 3.38. The zero-order valence-corrected chi connectivity index (χ0v) is 9.14. The topological polar surface area (TPSA) is 39.9 Å². The van der Waals surface area contributed by atoms with E-state index >= 15 is 0 Å². The van der Waals surface area contributed by atoms with Crippen LogP contribution in [0, 0.1) is 23.2 Å². The molecule has 2 unspecified atom stereocenters. The van der Waals surface area contributed by atoms with Gasteiger partial charge in [-0.1, -0.05) is 6.92 Å². The van der Waals surface area contributed by atoms with E-state index in [4.69, 9.17) is 5.26 Å². The Morgan fingerprint density at radius 2 is 2.33 bits per heavy atom. The second-order valence-corrected chi connectivity index (χ2v) is 4.37. The predicted octanol–water partition coefficient (Wildman–Crippen LogP) is 2.05. The van der Waals surface area contributed by atoms with Crippen LogP contribution in [0.15, 0.2) is 18.3 Å². The molecular formula is C12H15N3. The molecular weight excluding hydrogens is 186 g/mol. The van der Waals surface area contributed by atoms with Gasteiger partial charge in [-0.05, 0) is 30.4 Å². The van der Waals surface area contributed by atoms with Crippen LogP contribution >= 0.6 is 0 Å². The second kappa shape index (κ2) is 3.90. The molecule has 0 radical (unpaired) electrons. The molecule has 1 aliphatic rings. The van der Waals surface area contributed by atoms with E-state index < -0.39 is 0 Å². The van der Waals surface area contributed by atoms with Gasteiger partial charge in [0, 0.05) is 13.6 Å². The molecule has 3 heteroatoms. The van der Waals surface area contributed by atoms with Crippen LogP contribution in [-0.4, -0.2) is 18.6 Å². The number of rotatable bonds is 3. The average Bonchev–Trinajstić information content (AvgIpc) is 2.94. The minimum atomic E-state index is 0.479. The molecule has 78 valence electrons.